The van der Waals surface area contributed by atoms with Crippen molar-refractivity contribution in [1.82, 2.24) is 14.7 Å². The average Bonchev–Trinajstić information content (AvgIpc) is 2.80. The lowest BCUT2D eigenvalue weighted by atomic mass is 10.2. The second kappa shape index (κ2) is 7.98. The summed E-state index contributed by atoms with van der Waals surface area (Å²) in [7, 11) is 3.44. The first-order valence-corrected chi connectivity index (χ1v) is 8.14. The lowest BCUT2D eigenvalue weighted by Gasteiger charge is -2.14. The number of halogens is 1. The number of benzene rings is 1. The van der Waals surface area contributed by atoms with Crippen LogP contribution in [0.1, 0.15) is 17.0 Å². The van der Waals surface area contributed by atoms with E-state index in [1.54, 1.807) is 42.1 Å². The topological polar surface area (TPSA) is 67.2 Å². The molecule has 132 valence electrons. The van der Waals surface area contributed by atoms with Crippen molar-refractivity contribution < 1.29 is 9.59 Å². The van der Waals surface area contributed by atoms with Gasteiger partial charge in [-0.15, -0.1) is 0 Å². The number of nitrogens with one attached hydrogen (secondary N) is 1. The molecule has 0 aliphatic rings. The molecular weight excluding hydrogens is 340 g/mol. The van der Waals surface area contributed by atoms with Crippen LogP contribution in [0.4, 0.5) is 5.69 Å². The van der Waals surface area contributed by atoms with E-state index in [4.69, 9.17) is 11.6 Å². The lowest BCUT2D eigenvalue weighted by Crippen LogP contribution is -2.33. The van der Waals surface area contributed by atoms with E-state index in [1.165, 1.54) is 11.0 Å². The summed E-state index contributed by atoms with van der Waals surface area (Å²) in [5, 5.41) is 7.62. The van der Waals surface area contributed by atoms with Crippen molar-refractivity contribution in [3.63, 3.8) is 0 Å². The Labute approximate surface area is 152 Å². The SMILES string of the molecule is Cc1nn(C)c(C)c1/C=C/C(=O)N(C)CC(=O)Nc1ccc(Cl)cc1. The summed E-state index contributed by atoms with van der Waals surface area (Å²) in [6.07, 6.45) is 3.18. The van der Waals surface area contributed by atoms with E-state index >= 15 is 0 Å². The molecule has 25 heavy (non-hydrogen) atoms. The van der Waals surface area contributed by atoms with Crippen LogP contribution in [0.25, 0.3) is 6.08 Å². The number of aromatic nitrogens is 2. The summed E-state index contributed by atoms with van der Waals surface area (Å²) >= 11 is 5.80. The number of nitrogens with zero attached hydrogens (tertiary/aromatic N) is 3. The Balaban J connectivity index is 1.94. The molecule has 0 spiro atoms. The fourth-order valence-electron chi connectivity index (χ4n) is 2.34. The van der Waals surface area contributed by atoms with E-state index in [1.807, 2.05) is 20.9 Å². The first-order valence-electron chi connectivity index (χ1n) is 7.76. The molecule has 7 heteroatoms. The molecule has 1 aromatic heterocycles. The monoisotopic (exact) mass is 360 g/mol. The number of rotatable bonds is 5. The highest BCUT2D eigenvalue weighted by atomic mass is 35.5. The molecule has 2 aromatic rings. The van der Waals surface area contributed by atoms with Crippen LogP contribution in [0, 0.1) is 13.8 Å². The fraction of sp³-hybridized carbons (Fsp3) is 0.278. The van der Waals surface area contributed by atoms with Crippen LogP contribution in [0.3, 0.4) is 0 Å². The number of amides is 2. The van der Waals surface area contributed by atoms with Gasteiger partial charge in [-0.2, -0.15) is 5.10 Å². The maximum atomic E-state index is 12.2. The molecule has 1 N–H and O–H groups in total. The Morgan fingerprint density at radius 1 is 1.28 bits per heavy atom. The van der Waals surface area contributed by atoms with Crippen LogP contribution >= 0.6 is 11.6 Å². The second-order valence-electron chi connectivity index (χ2n) is 5.79. The van der Waals surface area contributed by atoms with Gasteiger partial charge in [0.1, 0.15) is 0 Å². The molecule has 0 aliphatic heterocycles. The first-order chi connectivity index (χ1) is 11.8. The Bertz CT molecular complexity index is 809. The third-order valence-corrected chi connectivity index (χ3v) is 4.09. The molecule has 0 radical (unpaired) electrons. The third kappa shape index (κ3) is 4.93. The Morgan fingerprint density at radius 3 is 2.48 bits per heavy atom. The van der Waals surface area contributed by atoms with Gasteiger partial charge in [0.2, 0.25) is 11.8 Å². The summed E-state index contributed by atoms with van der Waals surface area (Å²) < 4.78 is 1.77. The molecule has 0 bridgehead atoms. The van der Waals surface area contributed by atoms with E-state index in [9.17, 15) is 9.59 Å². The zero-order valence-corrected chi connectivity index (χ0v) is 15.5. The number of aryl methyl sites for hydroxylation is 2. The van der Waals surface area contributed by atoms with Gasteiger partial charge >= 0.3 is 0 Å². The molecule has 0 unspecified atom stereocenters. The standard InChI is InChI=1S/C18H21ClN4O2/c1-12-16(13(2)23(4)21-12)9-10-18(25)22(3)11-17(24)20-15-7-5-14(19)6-8-15/h5-10H,11H2,1-4H3,(H,20,24)/b10-9+. The van der Waals surface area contributed by atoms with E-state index in [0.29, 0.717) is 10.7 Å². The molecule has 1 aromatic carbocycles. The Morgan fingerprint density at radius 2 is 1.92 bits per heavy atom. The molecule has 0 saturated carbocycles. The number of anilines is 1. The van der Waals surface area contributed by atoms with E-state index in [-0.39, 0.29) is 18.4 Å². The minimum absolute atomic E-state index is 0.0448. The normalized spacial score (nSPS) is 10.9. The molecule has 0 aliphatic carbocycles. The minimum Gasteiger partial charge on any atom is -0.333 e. The predicted molar refractivity (Wildman–Crippen MR) is 99.4 cm³/mol. The second-order valence-corrected chi connectivity index (χ2v) is 6.23. The van der Waals surface area contributed by atoms with Crippen molar-refractivity contribution in [3.8, 4) is 0 Å². The number of likely N-dealkylation sites (N-methyl/N-ethyl adjacent to an activating group) is 1. The average molecular weight is 361 g/mol. The lowest BCUT2D eigenvalue weighted by molar-refractivity contribution is -0.129. The highest BCUT2D eigenvalue weighted by Gasteiger charge is 2.12. The van der Waals surface area contributed by atoms with Crippen LogP contribution in [-0.4, -0.2) is 40.1 Å². The molecular formula is C18H21ClN4O2. The molecule has 2 rings (SSSR count). The molecule has 6 nitrogen and oxygen atoms in total. The zero-order chi connectivity index (χ0) is 18.6. The van der Waals surface area contributed by atoms with Crippen LogP contribution < -0.4 is 5.32 Å². The molecule has 2 amide bonds. The van der Waals surface area contributed by atoms with Gasteiger partial charge in [0.15, 0.2) is 0 Å². The fourth-order valence-corrected chi connectivity index (χ4v) is 2.47. The zero-order valence-electron chi connectivity index (χ0n) is 14.7. The quantitative estimate of drug-likeness (QED) is 0.834. The largest absolute Gasteiger partial charge is 0.333 e. The maximum Gasteiger partial charge on any atom is 0.246 e. The van der Waals surface area contributed by atoms with Crippen molar-refractivity contribution in [2.45, 2.75) is 13.8 Å². The van der Waals surface area contributed by atoms with E-state index in [0.717, 1.165) is 17.0 Å². The molecule has 1 heterocycles. The van der Waals surface area contributed by atoms with E-state index in [2.05, 4.69) is 10.4 Å². The number of hydrogen-bond acceptors (Lipinski definition) is 3. The van der Waals surface area contributed by atoms with Crippen LogP contribution in [-0.2, 0) is 16.6 Å². The summed E-state index contributed by atoms with van der Waals surface area (Å²) in [4.78, 5) is 25.6. The van der Waals surface area contributed by atoms with Gasteiger partial charge in [0.25, 0.3) is 0 Å². The Hall–Kier alpha value is -2.60. The highest BCUT2D eigenvalue weighted by Crippen LogP contribution is 2.14. The van der Waals surface area contributed by atoms with Gasteiger partial charge in [-0.3, -0.25) is 14.3 Å². The van der Waals surface area contributed by atoms with Gasteiger partial charge in [-0.1, -0.05) is 11.6 Å². The smallest absolute Gasteiger partial charge is 0.246 e. The third-order valence-electron chi connectivity index (χ3n) is 3.84. The van der Waals surface area contributed by atoms with Crippen molar-refractivity contribution in [2.75, 3.05) is 18.9 Å². The Kier molecular flexibility index (Phi) is 5.98. The van der Waals surface area contributed by atoms with Gasteiger partial charge in [0, 0.05) is 42.1 Å². The number of carbonyl (C=O) groups is 2. The van der Waals surface area contributed by atoms with Crippen molar-refractivity contribution in [3.05, 3.63) is 52.3 Å². The summed E-state index contributed by atoms with van der Waals surface area (Å²) in [5.41, 5.74) is 3.37. The number of carbonyl (C=O) groups excluding carboxylic acids is 2. The summed E-state index contributed by atoms with van der Waals surface area (Å²) in [5.74, 6) is -0.533. The number of hydrogen-bond donors (Lipinski definition) is 1. The summed E-state index contributed by atoms with van der Waals surface area (Å²) in [6, 6.07) is 6.78. The van der Waals surface area contributed by atoms with Crippen LogP contribution in [0.2, 0.25) is 5.02 Å². The van der Waals surface area contributed by atoms with Crippen molar-refractivity contribution in [2.24, 2.45) is 7.05 Å². The first kappa shape index (κ1) is 18.7. The minimum atomic E-state index is -0.277. The van der Waals surface area contributed by atoms with Gasteiger partial charge in [-0.25, -0.2) is 0 Å². The van der Waals surface area contributed by atoms with Crippen molar-refractivity contribution in [1.29, 1.82) is 0 Å². The van der Waals surface area contributed by atoms with Crippen LogP contribution in [0.15, 0.2) is 30.3 Å². The molecule has 0 fully saturated rings. The van der Waals surface area contributed by atoms with Gasteiger partial charge in [0.05, 0.1) is 12.2 Å². The van der Waals surface area contributed by atoms with E-state index < -0.39 is 0 Å². The predicted octanol–water partition coefficient (Wildman–Crippen LogP) is 2.80. The molecule has 0 saturated heterocycles. The molecule has 0 atom stereocenters. The van der Waals surface area contributed by atoms with Crippen LogP contribution in [0.5, 0.6) is 0 Å². The summed E-state index contributed by atoms with van der Waals surface area (Å²) in [6.45, 7) is 3.78. The van der Waals surface area contributed by atoms with Gasteiger partial charge < -0.3 is 10.2 Å². The van der Waals surface area contributed by atoms with Crippen molar-refractivity contribution >= 4 is 35.2 Å². The van der Waals surface area contributed by atoms with Gasteiger partial charge in [-0.05, 0) is 44.2 Å². The highest BCUT2D eigenvalue weighted by molar-refractivity contribution is 6.30. The maximum absolute atomic E-state index is 12.2.